The third-order valence-corrected chi connectivity index (χ3v) is 6.00. The summed E-state index contributed by atoms with van der Waals surface area (Å²) < 4.78 is 0. The van der Waals surface area contributed by atoms with Gasteiger partial charge in [0.2, 0.25) is 0 Å². The van der Waals surface area contributed by atoms with Gasteiger partial charge >= 0.3 is 0 Å². The van der Waals surface area contributed by atoms with E-state index in [4.69, 9.17) is 0 Å². The van der Waals surface area contributed by atoms with Gasteiger partial charge in [0, 0.05) is 18.5 Å². The van der Waals surface area contributed by atoms with Crippen molar-refractivity contribution < 1.29 is 5.11 Å². The molecule has 1 fully saturated rings. The third-order valence-electron chi connectivity index (χ3n) is 6.00. The first kappa shape index (κ1) is 20.8. The number of rotatable bonds is 6. The van der Waals surface area contributed by atoms with E-state index in [2.05, 4.69) is 55.1 Å². The van der Waals surface area contributed by atoms with Crippen LogP contribution < -0.4 is 0 Å². The monoisotopic (exact) mass is 373 g/mol. The summed E-state index contributed by atoms with van der Waals surface area (Å²) in [5, 5.41) is 10.0. The Labute approximate surface area is 164 Å². The SMILES string of the molecule is CCCC1(c2cccc(O)c2)CN(CCc2ccccc2)CCC1C.Cl. The van der Waals surface area contributed by atoms with Crippen LogP contribution in [0, 0.1) is 5.92 Å². The molecule has 1 aliphatic rings. The fourth-order valence-electron chi connectivity index (χ4n) is 4.52. The van der Waals surface area contributed by atoms with Crippen molar-refractivity contribution in [3.8, 4) is 5.75 Å². The molecule has 2 aromatic rings. The molecule has 2 aromatic carbocycles. The van der Waals surface area contributed by atoms with Crippen molar-refractivity contribution in [2.75, 3.05) is 19.6 Å². The Kier molecular flexibility index (Phi) is 7.55. The van der Waals surface area contributed by atoms with Crippen LogP contribution in [0.2, 0.25) is 0 Å². The summed E-state index contributed by atoms with van der Waals surface area (Å²) in [6.07, 6.45) is 4.69. The molecule has 1 aliphatic heterocycles. The van der Waals surface area contributed by atoms with Crippen LogP contribution in [0.3, 0.4) is 0 Å². The maximum atomic E-state index is 10.0. The number of benzene rings is 2. The number of hydrogen-bond acceptors (Lipinski definition) is 2. The number of halogens is 1. The summed E-state index contributed by atoms with van der Waals surface area (Å²) >= 11 is 0. The van der Waals surface area contributed by atoms with Crippen molar-refractivity contribution in [2.24, 2.45) is 5.92 Å². The van der Waals surface area contributed by atoms with Crippen molar-refractivity contribution >= 4 is 12.4 Å². The Balaban J connectivity index is 0.00000243. The van der Waals surface area contributed by atoms with Crippen molar-refractivity contribution in [3.05, 3.63) is 65.7 Å². The lowest BCUT2D eigenvalue weighted by atomic mass is 9.65. The molecule has 0 radical (unpaired) electrons. The summed E-state index contributed by atoms with van der Waals surface area (Å²) in [5.74, 6) is 1.03. The van der Waals surface area contributed by atoms with E-state index < -0.39 is 0 Å². The van der Waals surface area contributed by atoms with Gasteiger partial charge in [-0.2, -0.15) is 0 Å². The molecule has 0 spiro atoms. The van der Waals surface area contributed by atoms with Crippen molar-refractivity contribution in [1.82, 2.24) is 4.90 Å². The van der Waals surface area contributed by atoms with E-state index in [9.17, 15) is 5.11 Å². The Bertz CT molecular complexity index is 675. The molecule has 142 valence electrons. The van der Waals surface area contributed by atoms with Gasteiger partial charge in [-0.25, -0.2) is 0 Å². The predicted octanol–water partition coefficient (Wildman–Crippen LogP) is 5.44. The summed E-state index contributed by atoms with van der Waals surface area (Å²) in [4.78, 5) is 2.63. The largest absolute Gasteiger partial charge is 0.508 e. The quantitative estimate of drug-likeness (QED) is 0.729. The number of likely N-dealkylation sites (tertiary alicyclic amines) is 1. The Morgan fingerprint density at radius 3 is 2.58 bits per heavy atom. The van der Waals surface area contributed by atoms with Gasteiger partial charge in [0.15, 0.2) is 0 Å². The normalized spacial score (nSPS) is 23.4. The van der Waals surface area contributed by atoms with Crippen LogP contribution >= 0.6 is 12.4 Å². The molecular formula is C23H32ClNO. The van der Waals surface area contributed by atoms with Crippen LogP contribution in [0.5, 0.6) is 5.75 Å². The van der Waals surface area contributed by atoms with E-state index in [1.807, 2.05) is 12.1 Å². The highest BCUT2D eigenvalue weighted by Gasteiger charge is 2.41. The van der Waals surface area contributed by atoms with Gasteiger partial charge in [0.25, 0.3) is 0 Å². The Morgan fingerprint density at radius 1 is 1.12 bits per heavy atom. The number of piperidine rings is 1. The van der Waals surface area contributed by atoms with Gasteiger partial charge < -0.3 is 10.0 Å². The number of phenolic OH excluding ortho intramolecular Hbond substituents is 1. The van der Waals surface area contributed by atoms with E-state index in [1.165, 1.54) is 36.9 Å². The first-order valence-electron chi connectivity index (χ1n) is 9.70. The molecule has 2 unspecified atom stereocenters. The van der Waals surface area contributed by atoms with Crippen LogP contribution in [0.25, 0.3) is 0 Å². The summed E-state index contributed by atoms with van der Waals surface area (Å²) in [6, 6.07) is 18.8. The van der Waals surface area contributed by atoms with Crippen LogP contribution in [0.4, 0.5) is 0 Å². The van der Waals surface area contributed by atoms with Crippen LogP contribution in [-0.4, -0.2) is 29.6 Å². The highest BCUT2D eigenvalue weighted by atomic mass is 35.5. The molecule has 26 heavy (non-hydrogen) atoms. The molecule has 3 heteroatoms. The number of hydrogen-bond donors (Lipinski definition) is 1. The highest BCUT2D eigenvalue weighted by molar-refractivity contribution is 5.85. The molecule has 0 aliphatic carbocycles. The van der Waals surface area contributed by atoms with E-state index in [-0.39, 0.29) is 17.8 Å². The average molecular weight is 374 g/mol. The molecule has 1 heterocycles. The summed E-state index contributed by atoms with van der Waals surface area (Å²) in [5.41, 5.74) is 2.88. The van der Waals surface area contributed by atoms with E-state index in [0.29, 0.717) is 11.7 Å². The zero-order chi connectivity index (χ0) is 17.7. The van der Waals surface area contributed by atoms with Crippen molar-refractivity contribution in [1.29, 1.82) is 0 Å². The molecule has 2 atom stereocenters. The first-order chi connectivity index (χ1) is 12.1. The lowest BCUT2D eigenvalue weighted by Crippen LogP contribution is -2.51. The zero-order valence-corrected chi connectivity index (χ0v) is 16.8. The van der Waals surface area contributed by atoms with Crippen LogP contribution in [-0.2, 0) is 11.8 Å². The van der Waals surface area contributed by atoms with Crippen molar-refractivity contribution in [2.45, 2.75) is 44.9 Å². The average Bonchev–Trinajstić information content (AvgIpc) is 2.63. The van der Waals surface area contributed by atoms with Gasteiger partial charge in [-0.05, 0) is 55.0 Å². The molecule has 2 nitrogen and oxygen atoms in total. The minimum absolute atomic E-state index is 0. The summed E-state index contributed by atoms with van der Waals surface area (Å²) in [7, 11) is 0. The molecule has 0 amide bonds. The number of aromatic hydroxyl groups is 1. The standard InChI is InChI=1S/C23H31NO.ClH/c1-3-14-23(21-10-7-11-22(25)17-21)18-24(15-12-19(23)2)16-13-20-8-5-4-6-9-20;/h4-11,17,19,25H,3,12-16,18H2,1-2H3;1H. The topological polar surface area (TPSA) is 23.5 Å². The second-order valence-electron chi connectivity index (χ2n) is 7.66. The molecular weight excluding hydrogens is 342 g/mol. The lowest BCUT2D eigenvalue weighted by Gasteiger charge is -2.48. The maximum absolute atomic E-state index is 10.0. The van der Waals surface area contributed by atoms with Gasteiger partial charge in [-0.1, -0.05) is 62.7 Å². The van der Waals surface area contributed by atoms with Crippen LogP contribution in [0.1, 0.15) is 44.2 Å². The van der Waals surface area contributed by atoms with Gasteiger partial charge in [0.1, 0.15) is 5.75 Å². The fourth-order valence-corrected chi connectivity index (χ4v) is 4.52. The highest BCUT2D eigenvalue weighted by Crippen LogP contribution is 2.43. The van der Waals surface area contributed by atoms with E-state index in [1.54, 1.807) is 6.07 Å². The Morgan fingerprint density at radius 2 is 1.88 bits per heavy atom. The van der Waals surface area contributed by atoms with Crippen molar-refractivity contribution in [3.63, 3.8) is 0 Å². The third kappa shape index (κ3) is 4.61. The zero-order valence-electron chi connectivity index (χ0n) is 16.0. The fraction of sp³-hybridized carbons (Fsp3) is 0.478. The molecule has 0 aromatic heterocycles. The van der Waals surface area contributed by atoms with E-state index >= 15 is 0 Å². The molecule has 3 rings (SSSR count). The predicted molar refractivity (Wildman–Crippen MR) is 112 cm³/mol. The smallest absolute Gasteiger partial charge is 0.115 e. The van der Waals surface area contributed by atoms with E-state index in [0.717, 1.165) is 19.5 Å². The Hall–Kier alpha value is -1.51. The molecule has 0 bridgehead atoms. The molecule has 0 saturated carbocycles. The summed E-state index contributed by atoms with van der Waals surface area (Å²) in [6.45, 7) is 8.06. The minimum atomic E-state index is 0. The minimum Gasteiger partial charge on any atom is -0.508 e. The second kappa shape index (κ2) is 9.43. The molecule has 1 saturated heterocycles. The van der Waals surface area contributed by atoms with Crippen LogP contribution in [0.15, 0.2) is 54.6 Å². The molecule has 1 N–H and O–H groups in total. The van der Waals surface area contributed by atoms with Gasteiger partial charge in [0.05, 0.1) is 0 Å². The lowest BCUT2D eigenvalue weighted by molar-refractivity contribution is 0.0889. The second-order valence-corrected chi connectivity index (χ2v) is 7.66. The van der Waals surface area contributed by atoms with Gasteiger partial charge in [-0.15, -0.1) is 12.4 Å². The maximum Gasteiger partial charge on any atom is 0.115 e. The first-order valence-corrected chi connectivity index (χ1v) is 9.70. The van der Waals surface area contributed by atoms with Gasteiger partial charge in [-0.3, -0.25) is 0 Å². The number of phenols is 1. The number of nitrogens with zero attached hydrogens (tertiary/aromatic N) is 1.